The predicted octanol–water partition coefficient (Wildman–Crippen LogP) is 4.02. The number of aromatic amines is 1. The Hall–Kier alpha value is -1.20. The van der Waals surface area contributed by atoms with Crippen LogP contribution in [0.1, 0.15) is 20.3 Å². The van der Waals surface area contributed by atoms with E-state index in [4.69, 9.17) is 16.3 Å². The van der Waals surface area contributed by atoms with E-state index in [-0.39, 0.29) is 0 Å². The molecule has 1 atom stereocenters. The van der Waals surface area contributed by atoms with E-state index in [1.54, 1.807) is 24.9 Å². The van der Waals surface area contributed by atoms with Gasteiger partial charge in [-0.2, -0.15) is 0 Å². The molecule has 1 N–H and O–H groups in total. The maximum absolute atomic E-state index is 6.01. The number of aromatic nitrogens is 3. The van der Waals surface area contributed by atoms with E-state index in [0.29, 0.717) is 16.1 Å². The van der Waals surface area contributed by atoms with Crippen molar-refractivity contribution in [2.45, 2.75) is 30.7 Å². The summed E-state index contributed by atoms with van der Waals surface area (Å²) in [4.78, 5) is 4.48. The number of halogens is 1. The van der Waals surface area contributed by atoms with Crippen molar-refractivity contribution in [3.05, 3.63) is 23.2 Å². The maximum Gasteiger partial charge on any atom is 0.209 e. The Morgan fingerprint density at radius 3 is 2.95 bits per heavy atom. The van der Waals surface area contributed by atoms with Crippen molar-refractivity contribution in [2.24, 2.45) is 0 Å². The van der Waals surface area contributed by atoms with Gasteiger partial charge in [0, 0.05) is 10.3 Å². The summed E-state index contributed by atoms with van der Waals surface area (Å²) in [6.45, 7) is 4.30. The molecule has 1 aromatic carbocycles. The highest BCUT2D eigenvalue weighted by Crippen LogP contribution is 2.31. The first kappa shape index (κ1) is 14.2. The fourth-order valence-electron chi connectivity index (χ4n) is 1.55. The Labute approximate surface area is 121 Å². The van der Waals surface area contributed by atoms with E-state index in [1.807, 2.05) is 12.1 Å². The van der Waals surface area contributed by atoms with Gasteiger partial charge in [-0.25, -0.2) is 4.98 Å². The van der Waals surface area contributed by atoms with Gasteiger partial charge >= 0.3 is 0 Å². The zero-order chi connectivity index (χ0) is 13.8. The van der Waals surface area contributed by atoms with Crippen LogP contribution in [-0.2, 0) is 0 Å². The van der Waals surface area contributed by atoms with Crippen molar-refractivity contribution in [3.63, 3.8) is 0 Å². The molecule has 102 valence electrons. The molecule has 0 radical (unpaired) electrons. The second-order valence-electron chi connectivity index (χ2n) is 4.15. The topological polar surface area (TPSA) is 50.8 Å². The number of benzene rings is 1. The molecule has 1 heterocycles. The Kier molecular flexibility index (Phi) is 4.71. The second-order valence-corrected chi connectivity index (χ2v) is 5.99. The minimum absolute atomic E-state index is 0.491. The molecule has 0 spiro atoms. The third kappa shape index (κ3) is 3.42. The molecular formula is C13H16ClN3OS. The zero-order valence-electron chi connectivity index (χ0n) is 11.1. The smallest absolute Gasteiger partial charge is 0.209 e. The number of nitrogens with one attached hydrogen (secondary N) is 1. The molecule has 0 saturated heterocycles. The van der Waals surface area contributed by atoms with Crippen LogP contribution in [0.2, 0.25) is 5.02 Å². The number of H-pyrrole nitrogens is 1. The molecule has 0 aliphatic rings. The molecule has 0 amide bonds. The first-order valence-corrected chi connectivity index (χ1v) is 7.32. The normalized spacial score (nSPS) is 12.4. The molecule has 19 heavy (non-hydrogen) atoms. The van der Waals surface area contributed by atoms with Crippen molar-refractivity contribution >= 4 is 23.4 Å². The second kappa shape index (κ2) is 6.30. The highest BCUT2D eigenvalue weighted by molar-refractivity contribution is 7.99. The van der Waals surface area contributed by atoms with Gasteiger partial charge in [0.1, 0.15) is 5.75 Å². The van der Waals surface area contributed by atoms with Gasteiger partial charge in [0.05, 0.1) is 12.7 Å². The van der Waals surface area contributed by atoms with E-state index >= 15 is 0 Å². The van der Waals surface area contributed by atoms with Crippen LogP contribution >= 0.6 is 23.4 Å². The lowest BCUT2D eigenvalue weighted by Gasteiger charge is -2.05. The van der Waals surface area contributed by atoms with Crippen molar-refractivity contribution in [1.29, 1.82) is 0 Å². The van der Waals surface area contributed by atoms with E-state index in [1.165, 1.54) is 0 Å². The Balaban J connectivity index is 2.29. The molecule has 0 fully saturated rings. The number of thioether (sulfide) groups is 1. The van der Waals surface area contributed by atoms with Crippen LogP contribution in [0.4, 0.5) is 0 Å². The molecule has 4 nitrogen and oxygen atoms in total. The molecule has 0 saturated carbocycles. The number of hydrogen-bond acceptors (Lipinski definition) is 4. The molecule has 2 aromatic rings. The standard InChI is InChI=1S/C13H16ClN3OS/c1-4-8(2)19-13-15-12(16-17-13)10-7-9(14)5-6-11(10)18-3/h5-8H,4H2,1-3H3,(H,15,16,17). The van der Waals surface area contributed by atoms with Crippen LogP contribution < -0.4 is 4.74 Å². The van der Waals surface area contributed by atoms with Gasteiger partial charge in [-0.3, -0.25) is 5.10 Å². The van der Waals surface area contributed by atoms with Crippen LogP contribution in [0.25, 0.3) is 11.4 Å². The lowest BCUT2D eigenvalue weighted by Crippen LogP contribution is -1.93. The van der Waals surface area contributed by atoms with E-state index < -0.39 is 0 Å². The van der Waals surface area contributed by atoms with Gasteiger partial charge in [0.15, 0.2) is 5.82 Å². The lowest BCUT2D eigenvalue weighted by molar-refractivity contribution is 0.416. The first-order valence-electron chi connectivity index (χ1n) is 6.07. The first-order chi connectivity index (χ1) is 9.13. The van der Waals surface area contributed by atoms with Crippen molar-refractivity contribution in [3.8, 4) is 17.1 Å². The van der Waals surface area contributed by atoms with Gasteiger partial charge in [-0.1, -0.05) is 37.2 Å². The molecular weight excluding hydrogens is 282 g/mol. The lowest BCUT2D eigenvalue weighted by atomic mass is 10.2. The molecule has 1 aromatic heterocycles. The fourth-order valence-corrected chi connectivity index (χ4v) is 2.49. The van der Waals surface area contributed by atoms with Gasteiger partial charge in [0.25, 0.3) is 0 Å². The number of methoxy groups -OCH3 is 1. The third-order valence-electron chi connectivity index (χ3n) is 2.76. The Bertz CT molecular complexity index is 559. The predicted molar refractivity (Wildman–Crippen MR) is 79.0 cm³/mol. The average Bonchev–Trinajstić information content (AvgIpc) is 2.86. The number of nitrogens with zero attached hydrogens (tertiary/aromatic N) is 2. The van der Waals surface area contributed by atoms with Gasteiger partial charge in [0.2, 0.25) is 5.16 Å². The third-order valence-corrected chi connectivity index (χ3v) is 4.13. The summed E-state index contributed by atoms with van der Waals surface area (Å²) in [5.74, 6) is 1.39. The molecule has 2 rings (SSSR count). The summed E-state index contributed by atoms with van der Waals surface area (Å²) in [5, 5.41) is 9.02. The summed E-state index contributed by atoms with van der Waals surface area (Å²) in [6, 6.07) is 5.43. The largest absolute Gasteiger partial charge is 0.496 e. The monoisotopic (exact) mass is 297 g/mol. The van der Waals surface area contributed by atoms with Crippen molar-refractivity contribution in [1.82, 2.24) is 15.2 Å². The van der Waals surface area contributed by atoms with Crippen LogP contribution in [0.3, 0.4) is 0 Å². The zero-order valence-corrected chi connectivity index (χ0v) is 12.7. The summed E-state index contributed by atoms with van der Waals surface area (Å²) in [7, 11) is 1.62. The minimum atomic E-state index is 0.491. The van der Waals surface area contributed by atoms with Gasteiger partial charge in [-0.15, -0.1) is 5.10 Å². The van der Waals surface area contributed by atoms with Crippen LogP contribution in [0.5, 0.6) is 5.75 Å². The molecule has 0 bridgehead atoms. The van der Waals surface area contributed by atoms with Gasteiger partial charge in [-0.05, 0) is 24.6 Å². The molecule has 0 aliphatic carbocycles. The number of rotatable bonds is 5. The highest BCUT2D eigenvalue weighted by atomic mass is 35.5. The van der Waals surface area contributed by atoms with E-state index in [9.17, 15) is 0 Å². The fraction of sp³-hybridized carbons (Fsp3) is 0.385. The number of ether oxygens (including phenoxy) is 1. The Morgan fingerprint density at radius 1 is 1.47 bits per heavy atom. The van der Waals surface area contributed by atoms with Crippen molar-refractivity contribution < 1.29 is 4.74 Å². The van der Waals surface area contributed by atoms with Crippen molar-refractivity contribution in [2.75, 3.05) is 7.11 Å². The quantitative estimate of drug-likeness (QED) is 0.847. The minimum Gasteiger partial charge on any atom is -0.496 e. The summed E-state index contributed by atoms with van der Waals surface area (Å²) in [6.07, 6.45) is 1.08. The van der Waals surface area contributed by atoms with E-state index in [0.717, 1.165) is 22.9 Å². The number of hydrogen-bond donors (Lipinski definition) is 1. The highest BCUT2D eigenvalue weighted by Gasteiger charge is 2.13. The molecule has 1 unspecified atom stereocenters. The average molecular weight is 298 g/mol. The SMILES string of the molecule is CCC(C)Sc1n[nH]c(-c2cc(Cl)ccc2OC)n1. The van der Waals surface area contributed by atoms with E-state index in [2.05, 4.69) is 29.0 Å². The summed E-state index contributed by atoms with van der Waals surface area (Å²) in [5.41, 5.74) is 0.818. The summed E-state index contributed by atoms with van der Waals surface area (Å²) < 4.78 is 5.31. The maximum atomic E-state index is 6.01. The summed E-state index contributed by atoms with van der Waals surface area (Å²) >= 11 is 7.66. The van der Waals surface area contributed by atoms with Gasteiger partial charge < -0.3 is 4.74 Å². The van der Waals surface area contributed by atoms with Crippen LogP contribution in [0.15, 0.2) is 23.4 Å². The molecule has 0 aliphatic heterocycles. The van der Waals surface area contributed by atoms with Crippen LogP contribution in [-0.4, -0.2) is 27.5 Å². The Morgan fingerprint density at radius 2 is 2.26 bits per heavy atom. The molecule has 6 heteroatoms. The van der Waals surface area contributed by atoms with Crippen LogP contribution in [0, 0.1) is 0 Å².